The zero-order valence-electron chi connectivity index (χ0n) is 21.6. The lowest BCUT2D eigenvalue weighted by Gasteiger charge is -2.19. The molecule has 2 aromatic carbocycles. The SMILES string of the molecule is CC(C)c1cccc(C(C)C)c1C(=O)Nc1ccc(C(=O)N(C)CCCCCCC(=O)NO)cc1. The van der Waals surface area contributed by atoms with Gasteiger partial charge in [-0.3, -0.25) is 19.6 Å². The molecule has 0 atom stereocenters. The average Bonchev–Trinajstić information content (AvgIpc) is 2.85. The van der Waals surface area contributed by atoms with Gasteiger partial charge in [-0.25, -0.2) is 5.48 Å². The van der Waals surface area contributed by atoms with Gasteiger partial charge in [0.05, 0.1) is 0 Å². The Morgan fingerprint density at radius 1 is 0.857 bits per heavy atom. The minimum Gasteiger partial charge on any atom is -0.342 e. The van der Waals surface area contributed by atoms with Crippen LogP contribution >= 0.6 is 0 Å². The monoisotopic (exact) mass is 481 g/mol. The molecule has 0 saturated carbocycles. The minimum absolute atomic E-state index is 0.0743. The first kappa shape index (κ1) is 28.1. The van der Waals surface area contributed by atoms with Crippen LogP contribution in [0.4, 0.5) is 5.69 Å². The van der Waals surface area contributed by atoms with E-state index in [9.17, 15) is 14.4 Å². The van der Waals surface area contributed by atoms with Crippen molar-refractivity contribution in [1.82, 2.24) is 10.4 Å². The Kier molecular flexibility index (Phi) is 10.9. The highest BCUT2D eigenvalue weighted by Crippen LogP contribution is 2.28. The van der Waals surface area contributed by atoms with E-state index in [1.54, 1.807) is 41.7 Å². The fourth-order valence-electron chi connectivity index (χ4n) is 4.07. The Labute approximate surface area is 208 Å². The van der Waals surface area contributed by atoms with Crippen molar-refractivity contribution in [3.8, 4) is 0 Å². The maximum absolute atomic E-state index is 13.2. The lowest BCUT2D eigenvalue weighted by molar-refractivity contribution is -0.129. The summed E-state index contributed by atoms with van der Waals surface area (Å²) in [4.78, 5) is 38.6. The van der Waals surface area contributed by atoms with Gasteiger partial charge in [-0.1, -0.05) is 58.7 Å². The first-order valence-electron chi connectivity index (χ1n) is 12.4. The van der Waals surface area contributed by atoms with Crippen LogP contribution in [0, 0.1) is 0 Å². The summed E-state index contributed by atoms with van der Waals surface area (Å²) in [5.74, 6) is -0.128. The van der Waals surface area contributed by atoms with Crippen molar-refractivity contribution in [1.29, 1.82) is 0 Å². The van der Waals surface area contributed by atoms with E-state index >= 15 is 0 Å². The molecule has 190 valence electrons. The van der Waals surface area contributed by atoms with Gasteiger partial charge in [-0.2, -0.15) is 0 Å². The molecule has 0 aliphatic carbocycles. The van der Waals surface area contributed by atoms with Crippen molar-refractivity contribution in [3.05, 3.63) is 64.7 Å². The number of hydroxylamine groups is 1. The van der Waals surface area contributed by atoms with Gasteiger partial charge in [-0.15, -0.1) is 0 Å². The smallest absolute Gasteiger partial charge is 0.256 e. The van der Waals surface area contributed by atoms with Crippen molar-refractivity contribution < 1.29 is 19.6 Å². The number of carbonyl (C=O) groups is 3. The zero-order chi connectivity index (χ0) is 26.0. The molecule has 7 heteroatoms. The molecule has 0 radical (unpaired) electrons. The number of hydrogen-bond acceptors (Lipinski definition) is 4. The van der Waals surface area contributed by atoms with Crippen LogP contribution in [0.5, 0.6) is 0 Å². The van der Waals surface area contributed by atoms with E-state index in [1.165, 1.54) is 0 Å². The molecule has 2 rings (SSSR count). The zero-order valence-corrected chi connectivity index (χ0v) is 21.6. The molecule has 0 fully saturated rings. The topological polar surface area (TPSA) is 98.7 Å². The van der Waals surface area contributed by atoms with Gasteiger partial charge < -0.3 is 10.2 Å². The Balaban J connectivity index is 1.96. The van der Waals surface area contributed by atoms with E-state index in [0.717, 1.165) is 36.0 Å². The molecule has 0 bridgehead atoms. The summed E-state index contributed by atoms with van der Waals surface area (Å²) in [6, 6.07) is 13.0. The lowest BCUT2D eigenvalue weighted by atomic mass is 9.88. The fraction of sp³-hybridized carbons (Fsp3) is 0.464. The van der Waals surface area contributed by atoms with Crippen LogP contribution < -0.4 is 10.8 Å². The normalized spacial score (nSPS) is 11.0. The van der Waals surface area contributed by atoms with E-state index in [1.807, 2.05) is 18.2 Å². The van der Waals surface area contributed by atoms with Crippen LogP contribution in [0.25, 0.3) is 0 Å². The van der Waals surface area contributed by atoms with Gasteiger partial charge in [-0.05, 0) is 60.1 Å². The van der Waals surface area contributed by atoms with E-state index in [2.05, 4.69) is 33.0 Å². The van der Waals surface area contributed by atoms with Crippen LogP contribution in [0.2, 0.25) is 0 Å². The molecule has 0 spiro atoms. The van der Waals surface area contributed by atoms with Crippen LogP contribution in [0.3, 0.4) is 0 Å². The largest absolute Gasteiger partial charge is 0.342 e. The van der Waals surface area contributed by atoms with E-state index in [0.29, 0.717) is 30.6 Å². The molecule has 3 amide bonds. The van der Waals surface area contributed by atoms with Gasteiger partial charge in [0.1, 0.15) is 0 Å². The average molecular weight is 482 g/mol. The summed E-state index contributed by atoms with van der Waals surface area (Å²) in [5, 5.41) is 11.5. The van der Waals surface area contributed by atoms with Gasteiger partial charge in [0.15, 0.2) is 0 Å². The molecule has 0 aliphatic heterocycles. The van der Waals surface area contributed by atoms with Gasteiger partial charge in [0.25, 0.3) is 11.8 Å². The number of rotatable bonds is 12. The van der Waals surface area contributed by atoms with Crippen LogP contribution in [-0.2, 0) is 4.79 Å². The molecule has 0 aliphatic rings. The molecule has 35 heavy (non-hydrogen) atoms. The van der Waals surface area contributed by atoms with Crippen molar-refractivity contribution in [3.63, 3.8) is 0 Å². The van der Waals surface area contributed by atoms with Crippen LogP contribution in [0.15, 0.2) is 42.5 Å². The number of unbranched alkanes of at least 4 members (excludes halogenated alkanes) is 3. The molecule has 0 aromatic heterocycles. The lowest BCUT2D eigenvalue weighted by Crippen LogP contribution is -2.27. The Hall–Kier alpha value is -3.19. The summed E-state index contributed by atoms with van der Waals surface area (Å²) in [5.41, 5.74) is 5.63. The molecule has 2 aromatic rings. The molecule has 3 N–H and O–H groups in total. The second-order valence-electron chi connectivity index (χ2n) is 9.58. The van der Waals surface area contributed by atoms with E-state index < -0.39 is 0 Å². The summed E-state index contributed by atoms with van der Waals surface area (Å²) in [6.07, 6.45) is 3.61. The highest BCUT2D eigenvalue weighted by molar-refractivity contribution is 6.07. The third kappa shape index (κ3) is 8.21. The second-order valence-corrected chi connectivity index (χ2v) is 9.58. The molecular weight excluding hydrogens is 442 g/mol. The van der Waals surface area contributed by atoms with Crippen molar-refractivity contribution in [2.24, 2.45) is 0 Å². The van der Waals surface area contributed by atoms with E-state index in [4.69, 9.17) is 5.21 Å². The molecular formula is C28H39N3O4. The van der Waals surface area contributed by atoms with Gasteiger partial charge >= 0.3 is 0 Å². The summed E-state index contributed by atoms with van der Waals surface area (Å²) in [7, 11) is 1.77. The van der Waals surface area contributed by atoms with Crippen molar-refractivity contribution in [2.75, 3.05) is 18.9 Å². The predicted octanol–water partition coefficient (Wildman–Crippen LogP) is 5.71. The highest BCUT2D eigenvalue weighted by Gasteiger charge is 2.20. The number of benzene rings is 2. The number of anilines is 1. The Morgan fingerprint density at radius 3 is 1.97 bits per heavy atom. The summed E-state index contributed by atoms with van der Waals surface area (Å²) in [6.45, 7) is 8.96. The van der Waals surface area contributed by atoms with Crippen molar-refractivity contribution in [2.45, 2.75) is 71.6 Å². The van der Waals surface area contributed by atoms with Crippen LogP contribution in [0.1, 0.15) is 103 Å². The summed E-state index contributed by atoms with van der Waals surface area (Å²) >= 11 is 0. The van der Waals surface area contributed by atoms with Gasteiger partial charge in [0.2, 0.25) is 5.91 Å². The fourth-order valence-corrected chi connectivity index (χ4v) is 4.07. The van der Waals surface area contributed by atoms with Gasteiger partial charge in [0, 0.05) is 36.8 Å². The summed E-state index contributed by atoms with van der Waals surface area (Å²) < 4.78 is 0. The van der Waals surface area contributed by atoms with E-state index in [-0.39, 0.29) is 29.6 Å². The first-order chi connectivity index (χ1) is 16.6. The maximum atomic E-state index is 13.2. The first-order valence-corrected chi connectivity index (χ1v) is 12.4. The third-order valence-electron chi connectivity index (χ3n) is 6.11. The van der Waals surface area contributed by atoms with Crippen LogP contribution in [-0.4, -0.2) is 41.4 Å². The third-order valence-corrected chi connectivity index (χ3v) is 6.11. The second kappa shape index (κ2) is 13.6. The molecule has 0 saturated heterocycles. The predicted molar refractivity (Wildman–Crippen MR) is 139 cm³/mol. The Morgan fingerprint density at radius 2 is 1.43 bits per heavy atom. The molecule has 7 nitrogen and oxygen atoms in total. The van der Waals surface area contributed by atoms with Crippen molar-refractivity contribution >= 4 is 23.4 Å². The minimum atomic E-state index is -0.374. The maximum Gasteiger partial charge on any atom is 0.256 e. The number of carbonyl (C=O) groups excluding carboxylic acids is 3. The standard InChI is InChI=1S/C28H39N3O4/c1-19(2)23-11-10-12-24(20(3)4)26(23)27(33)29-22-16-14-21(15-17-22)28(34)31(5)18-9-7-6-8-13-25(32)30-35/h10-12,14-17,19-20,35H,6-9,13,18H2,1-5H3,(H,29,33)(H,30,32). The quantitative estimate of drug-likeness (QED) is 0.205. The number of nitrogens with zero attached hydrogens (tertiary/aromatic N) is 1. The molecule has 0 unspecified atom stereocenters. The number of hydrogen-bond donors (Lipinski definition) is 3. The number of amides is 3. The number of nitrogens with one attached hydrogen (secondary N) is 2. The Bertz CT molecular complexity index is 974. The molecule has 0 heterocycles. The highest BCUT2D eigenvalue weighted by atomic mass is 16.5.